The lowest BCUT2D eigenvalue weighted by Crippen LogP contribution is -2.43. The zero-order chi connectivity index (χ0) is 20.6. The van der Waals surface area contributed by atoms with Gasteiger partial charge in [-0.25, -0.2) is 4.39 Å². The molecule has 0 spiro atoms. The van der Waals surface area contributed by atoms with Crippen molar-refractivity contribution < 1.29 is 9.18 Å². The first-order chi connectivity index (χ1) is 14.0. The molecule has 3 rings (SSSR count). The highest BCUT2D eigenvalue weighted by atomic mass is 35.5. The van der Waals surface area contributed by atoms with E-state index in [0.29, 0.717) is 22.9 Å². The van der Waals surface area contributed by atoms with Crippen molar-refractivity contribution in [3.05, 3.63) is 69.5 Å². The van der Waals surface area contributed by atoms with Gasteiger partial charge in [0.05, 0.1) is 5.92 Å². The summed E-state index contributed by atoms with van der Waals surface area (Å²) in [5, 5.41) is 4.21. The molecule has 1 aliphatic rings. The number of carbonyl (C=O) groups excluding carboxylic acids is 1. The lowest BCUT2D eigenvalue weighted by molar-refractivity contribution is -0.126. The molecule has 0 aromatic heterocycles. The van der Waals surface area contributed by atoms with Gasteiger partial charge < -0.3 is 5.32 Å². The summed E-state index contributed by atoms with van der Waals surface area (Å²) in [6.07, 6.45) is 1.93. The van der Waals surface area contributed by atoms with Crippen molar-refractivity contribution in [1.82, 2.24) is 10.2 Å². The van der Waals surface area contributed by atoms with Gasteiger partial charge in [-0.1, -0.05) is 41.4 Å². The first-order valence-corrected chi connectivity index (χ1v) is 11.7. The van der Waals surface area contributed by atoms with Crippen molar-refractivity contribution in [2.24, 2.45) is 5.92 Å². The Kier molecular flexibility index (Phi) is 8.67. The van der Waals surface area contributed by atoms with Crippen molar-refractivity contribution in [3.63, 3.8) is 0 Å². The molecule has 1 unspecified atom stereocenters. The van der Waals surface area contributed by atoms with Crippen molar-refractivity contribution in [3.8, 4) is 0 Å². The highest BCUT2D eigenvalue weighted by Crippen LogP contribution is 2.24. The molecule has 0 saturated carbocycles. The maximum absolute atomic E-state index is 13.8. The zero-order valence-corrected chi connectivity index (χ0v) is 18.5. The van der Waals surface area contributed by atoms with Crippen LogP contribution in [0.3, 0.4) is 0 Å². The highest BCUT2D eigenvalue weighted by Gasteiger charge is 2.25. The largest absolute Gasteiger partial charge is 0.355 e. The summed E-state index contributed by atoms with van der Waals surface area (Å²) in [7, 11) is 0. The predicted molar refractivity (Wildman–Crippen MR) is 120 cm³/mol. The summed E-state index contributed by atoms with van der Waals surface area (Å²) in [5.41, 5.74) is 1.69. The molecule has 1 aliphatic heterocycles. The topological polar surface area (TPSA) is 32.3 Å². The first kappa shape index (κ1) is 22.4. The standard InChI is InChI=1S/C22H25Cl2FN2OS/c23-18-6-1-4-16(12-18)13-27-10-3-5-17(14-27)22(28)26-9-11-29-15-19-20(24)7-2-8-21(19)25/h1-2,4,6-8,12,17H,3,5,9-11,13-15H2,(H,26,28). The molecule has 29 heavy (non-hydrogen) atoms. The highest BCUT2D eigenvalue weighted by molar-refractivity contribution is 7.98. The predicted octanol–water partition coefficient (Wildman–Crippen LogP) is 5.39. The Morgan fingerprint density at radius 2 is 2.07 bits per heavy atom. The zero-order valence-electron chi connectivity index (χ0n) is 16.2. The fourth-order valence-electron chi connectivity index (χ4n) is 3.54. The van der Waals surface area contributed by atoms with Crippen LogP contribution in [-0.4, -0.2) is 36.2 Å². The number of nitrogens with zero attached hydrogens (tertiary/aromatic N) is 1. The van der Waals surface area contributed by atoms with Crippen molar-refractivity contribution >= 4 is 40.9 Å². The van der Waals surface area contributed by atoms with Crippen LogP contribution in [0.25, 0.3) is 0 Å². The lowest BCUT2D eigenvalue weighted by Gasteiger charge is -2.32. The molecule has 156 valence electrons. The molecule has 3 nitrogen and oxygen atoms in total. The number of hydrogen-bond donors (Lipinski definition) is 1. The van der Waals surface area contributed by atoms with Crippen LogP contribution in [0.1, 0.15) is 24.0 Å². The molecular formula is C22H25Cl2FN2OS. The summed E-state index contributed by atoms with van der Waals surface area (Å²) in [6, 6.07) is 12.6. The Labute approximate surface area is 185 Å². The van der Waals surface area contributed by atoms with Gasteiger partial charge in [0.1, 0.15) is 5.82 Å². The Morgan fingerprint density at radius 1 is 1.24 bits per heavy atom. The maximum atomic E-state index is 13.8. The van der Waals surface area contributed by atoms with E-state index in [9.17, 15) is 9.18 Å². The molecule has 2 aromatic carbocycles. The van der Waals surface area contributed by atoms with Gasteiger partial charge >= 0.3 is 0 Å². The van der Waals surface area contributed by atoms with E-state index in [1.54, 1.807) is 23.9 Å². The fourth-order valence-corrected chi connectivity index (χ4v) is 4.95. The van der Waals surface area contributed by atoms with Crippen molar-refractivity contribution in [2.75, 3.05) is 25.4 Å². The Bertz CT molecular complexity index is 816. The van der Waals surface area contributed by atoms with E-state index in [4.69, 9.17) is 23.2 Å². The van der Waals surface area contributed by atoms with Crippen LogP contribution in [0, 0.1) is 11.7 Å². The number of piperidine rings is 1. The van der Waals surface area contributed by atoms with Crippen LogP contribution in [0.2, 0.25) is 10.0 Å². The van der Waals surface area contributed by atoms with Crippen LogP contribution < -0.4 is 5.32 Å². The second-order valence-corrected chi connectivity index (χ2v) is 9.20. The third-order valence-corrected chi connectivity index (χ3v) is 6.60. The fraction of sp³-hybridized carbons (Fsp3) is 0.409. The summed E-state index contributed by atoms with van der Waals surface area (Å²) >= 11 is 13.7. The normalized spacial score (nSPS) is 17.3. The van der Waals surface area contributed by atoms with E-state index in [1.165, 1.54) is 11.6 Å². The first-order valence-electron chi connectivity index (χ1n) is 9.78. The third-order valence-electron chi connectivity index (χ3n) is 5.03. The molecule has 0 radical (unpaired) electrons. The third kappa shape index (κ3) is 6.88. The van der Waals surface area contributed by atoms with Gasteiger partial charge in [0.15, 0.2) is 0 Å². The van der Waals surface area contributed by atoms with E-state index in [2.05, 4.69) is 16.3 Å². The summed E-state index contributed by atoms with van der Waals surface area (Å²) in [4.78, 5) is 14.9. The van der Waals surface area contributed by atoms with Gasteiger partial charge in [0.25, 0.3) is 0 Å². The number of hydrogen-bond acceptors (Lipinski definition) is 3. The van der Waals surface area contributed by atoms with Crippen molar-refractivity contribution in [1.29, 1.82) is 0 Å². The van der Waals surface area contributed by atoms with Crippen LogP contribution in [0.5, 0.6) is 0 Å². The minimum Gasteiger partial charge on any atom is -0.355 e. The maximum Gasteiger partial charge on any atom is 0.224 e. The number of amides is 1. The quantitative estimate of drug-likeness (QED) is 0.542. The van der Waals surface area contributed by atoms with Crippen LogP contribution in [-0.2, 0) is 17.1 Å². The molecule has 1 saturated heterocycles. The molecule has 1 atom stereocenters. The Morgan fingerprint density at radius 3 is 2.86 bits per heavy atom. The van der Waals surface area contributed by atoms with E-state index in [0.717, 1.165) is 43.3 Å². The minimum absolute atomic E-state index is 0.00828. The molecule has 1 heterocycles. The number of likely N-dealkylation sites (tertiary alicyclic amines) is 1. The summed E-state index contributed by atoms with van der Waals surface area (Å²) in [6.45, 7) is 3.13. The van der Waals surface area contributed by atoms with E-state index in [-0.39, 0.29) is 17.6 Å². The number of benzene rings is 2. The number of carbonyl (C=O) groups is 1. The van der Waals surface area contributed by atoms with E-state index in [1.807, 2.05) is 18.2 Å². The van der Waals surface area contributed by atoms with Crippen LogP contribution in [0.15, 0.2) is 42.5 Å². The van der Waals surface area contributed by atoms with E-state index >= 15 is 0 Å². The molecule has 1 N–H and O–H groups in total. The molecule has 2 aromatic rings. The Hall–Kier alpha value is -1.27. The summed E-state index contributed by atoms with van der Waals surface area (Å²) < 4.78 is 13.8. The SMILES string of the molecule is O=C(NCCSCc1c(F)cccc1Cl)C1CCCN(Cc2cccc(Cl)c2)C1. The smallest absolute Gasteiger partial charge is 0.224 e. The lowest BCUT2D eigenvalue weighted by atomic mass is 9.96. The minimum atomic E-state index is -0.281. The number of nitrogens with one attached hydrogen (secondary N) is 1. The van der Waals surface area contributed by atoms with Crippen LogP contribution >= 0.6 is 35.0 Å². The molecular weight excluding hydrogens is 430 g/mol. The average Bonchev–Trinajstić information content (AvgIpc) is 2.70. The molecule has 1 amide bonds. The van der Waals surface area contributed by atoms with Gasteiger partial charge in [-0.05, 0) is 49.2 Å². The second-order valence-electron chi connectivity index (χ2n) is 7.25. The number of thioether (sulfide) groups is 1. The number of rotatable bonds is 8. The van der Waals surface area contributed by atoms with Gasteiger partial charge in [-0.3, -0.25) is 9.69 Å². The molecule has 1 fully saturated rings. The summed E-state index contributed by atoms with van der Waals surface area (Å²) in [5.74, 6) is 1.04. The van der Waals surface area contributed by atoms with Gasteiger partial charge in [0, 0.05) is 46.7 Å². The molecule has 0 aliphatic carbocycles. The molecule has 0 bridgehead atoms. The number of halogens is 3. The van der Waals surface area contributed by atoms with Crippen molar-refractivity contribution in [2.45, 2.75) is 25.1 Å². The van der Waals surface area contributed by atoms with E-state index < -0.39 is 0 Å². The van der Waals surface area contributed by atoms with Gasteiger partial charge in [-0.2, -0.15) is 11.8 Å². The molecule has 7 heteroatoms. The second kappa shape index (κ2) is 11.2. The van der Waals surface area contributed by atoms with Gasteiger partial charge in [0.2, 0.25) is 5.91 Å². The monoisotopic (exact) mass is 454 g/mol. The average molecular weight is 455 g/mol. The Balaban J connectivity index is 1.39. The van der Waals surface area contributed by atoms with Crippen LogP contribution in [0.4, 0.5) is 4.39 Å². The van der Waals surface area contributed by atoms with Gasteiger partial charge in [-0.15, -0.1) is 0 Å².